The van der Waals surface area contributed by atoms with Crippen LogP contribution in [0, 0.1) is 6.92 Å². The van der Waals surface area contributed by atoms with Crippen LogP contribution in [0.3, 0.4) is 0 Å². The quantitative estimate of drug-likeness (QED) is 0.519. The van der Waals surface area contributed by atoms with Gasteiger partial charge in [0.25, 0.3) is 0 Å². The number of halogens is 1. The van der Waals surface area contributed by atoms with Gasteiger partial charge in [0.15, 0.2) is 11.5 Å². The highest BCUT2D eigenvalue weighted by atomic mass is 35.5. The topological polar surface area (TPSA) is 69.4 Å². The lowest BCUT2D eigenvalue weighted by Gasteiger charge is -2.07. The maximum atomic E-state index is 6.00. The van der Waals surface area contributed by atoms with Gasteiger partial charge in [-0.15, -0.1) is 0 Å². The fourth-order valence-electron chi connectivity index (χ4n) is 3.15. The summed E-state index contributed by atoms with van der Waals surface area (Å²) in [5, 5.41) is 4.84. The minimum atomic E-state index is 0.238. The molecular formula is C20H14ClN3O3. The van der Waals surface area contributed by atoms with Crippen LogP contribution < -0.4 is 14.8 Å². The van der Waals surface area contributed by atoms with Gasteiger partial charge in [-0.3, -0.25) is 0 Å². The summed E-state index contributed by atoms with van der Waals surface area (Å²) in [6.07, 6.45) is 1.48. The van der Waals surface area contributed by atoms with E-state index in [-0.39, 0.29) is 6.79 Å². The molecule has 2 aromatic carbocycles. The maximum Gasteiger partial charge on any atom is 0.232 e. The number of anilines is 2. The van der Waals surface area contributed by atoms with Crippen LogP contribution in [-0.2, 0) is 0 Å². The molecular weight excluding hydrogens is 366 g/mol. The van der Waals surface area contributed by atoms with Gasteiger partial charge in [0.05, 0.1) is 5.39 Å². The third-order valence-electron chi connectivity index (χ3n) is 4.47. The van der Waals surface area contributed by atoms with E-state index in [4.69, 9.17) is 25.5 Å². The van der Waals surface area contributed by atoms with Gasteiger partial charge in [0, 0.05) is 27.9 Å². The third-order valence-corrected chi connectivity index (χ3v) is 4.72. The molecule has 0 amide bonds. The van der Waals surface area contributed by atoms with E-state index in [1.807, 2.05) is 49.4 Å². The van der Waals surface area contributed by atoms with E-state index in [0.29, 0.717) is 22.3 Å². The van der Waals surface area contributed by atoms with Crippen LogP contribution in [0.2, 0.25) is 5.02 Å². The zero-order chi connectivity index (χ0) is 18.4. The Morgan fingerprint density at radius 1 is 1.00 bits per heavy atom. The van der Waals surface area contributed by atoms with Crippen LogP contribution >= 0.6 is 11.6 Å². The van der Waals surface area contributed by atoms with Crippen LogP contribution in [0.5, 0.6) is 11.5 Å². The molecule has 1 N–H and O–H groups in total. The molecule has 1 aliphatic heterocycles. The van der Waals surface area contributed by atoms with E-state index in [1.54, 1.807) is 0 Å². The lowest BCUT2D eigenvalue weighted by atomic mass is 10.1. The van der Waals surface area contributed by atoms with Crippen molar-refractivity contribution in [3.05, 3.63) is 59.4 Å². The third kappa shape index (κ3) is 2.74. The summed E-state index contributed by atoms with van der Waals surface area (Å²) in [6, 6.07) is 13.2. The van der Waals surface area contributed by atoms with Crippen molar-refractivity contribution in [3.63, 3.8) is 0 Å². The number of hydrogen-bond donors (Lipinski definition) is 1. The van der Waals surface area contributed by atoms with Crippen molar-refractivity contribution in [3.8, 4) is 22.8 Å². The first kappa shape index (κ1) is 16.0. The molecule has 0 unspecified atom stereocenters. The van der Waals surface area contributed by atoms with Gasteiger partial charge in [-0.1, -0.05) is 11.6 Å². The van der Waals surface area contributed by atoms with Gasteiger partial charge in [-0.25, -0.2) is 9.97 Å². The average molecular weight is 380 g/mol. The Labute approximate surface area is 159 Å². The van der Waals surface area contributed by atoms with Gasteiger partial charge >= 0.3 is 0 Å². The Bertz CT molecular complexity index is 1160. The zero-order valence-electron chi connectivity index (χ0n) is 14.3. The molecule has 27 heavy (non-hydrogen) atoms. The van der Waals surface area contributed by atoms with Gasteiger partial charge < -0.3 is 19.2 Å². The first-order chi connectivity index (χ1) is 13.2. The first-order valence-corrected chi connectivity index (χ1v) is 8.73. The largest absolute Gasteiger partial charge is 0.454 e. The van der Waals surface area contributed by atoms with Crippen molar-refractivity contribution in [2.75, 3.05) is 12.1 Å². The number of hydrogen-bond acceptors (Lipinski definition) is 6. The predicted octanol–water partition coefficient (Wildman–Crippen LogP) is 5.32. The lowest BCUT2D eigenvalue weighted by Crippen LogP contribution is -1.95. The molecule has 0 spiro atoms. The molecule has 0 saturated heterocycles. The molecule has 2 aromatic heterocycles. The molecule has 0 aliphatic carbocycles. The van der Waals surface area contributed by atoms with Gasteiger partial charge in [-0.05, 0) is 43.3 Å². The fraction of sp³-hybridized carbons (Fsp3) is 0.100. The van der Waals surface area contributed by atoms with Crippen LogP contribution in [0.25, 0.3) is 22.4 Å². The van der Waals surface area contributed by atoms with Crippen molar-refractivity contribution in [1.82, 2.24) is 9.97 Å². The van der Waals surface area contributed by atoms with E-state index in [9.17, 15) is 0 Å². The molecule has 0 saturated carbocycles. The van der Waals surface area contributed by atoms with Gasteiger partial charge in [-0.2, -0.15) is 0 Å². The number of furan rings is 1. The molecule has 1 aliphatic rings. The second-order valence-electron chi connectivity index (χ2n) is 6.16. The highest BCUT2D eigenvalue weighted by Gasteiger charge is 2.19. The number of benzene rings is 2. The summed E-state index contributed by atoms with van der Waals surface area (Å²) in [6.45, 7) is 2.23. The highest BCUT2D eigenvalue weighted by Crippen LogP contribution is 2.38. The Morgan fingerprint density at radius 3 is 2.67 bits per heavy atom. The molecule has 0 radical (unpaired) electrons. The smallest absolute Gasteiger partial charge is 0.232 e. The summed E-state index contributed by atoms with van der Waals surface area (Å²) in [5.41, 5.74) is 3.25. The van der Waals surface area contributed by atoms with Gasteiger partial charge in [0.1, 0.15) is 17.9 Å². The molecule has 0 fully saturated rings. The molecule has 5 rings (SSSR count). The Hall–Kier alpha value is -3.25. The van der Waals surface area contributed by atoms with Crippen LogP contribution in [-0.4, -0.2) is 16.8 Å². The summed E-state index contributed by atoms with van der Waals surface area (Å²) in [7, 11) is 0. The average Bonchev–Trinajstić information content (AvgIpc) is 3.27. The van der Waals surface area contributed by atoms with Crippen LogP contribution in [0.15, 0.2) is 53.2 Å². The van der Waals surface area contributed by atoms with Crippen molar-refractivity contribution in [2.45, 2.75) is 6.92 Å². The summed E-state index contributed by atoms with van der Waals surface area (Å²) in [4.78, 5) is 8.68. The number of aryl methyl sites for hydroxylation is 1. The second-order valence-corrected chi connectivity index (χ2v) is 6.59. The minimum absolute atomic E-state index is 0.238. The van der Waals surface area contributed by atoms with Crippen molar-refractivity contribution in [1.29, 1.82) is 0 Å². The molecule has 7 heteroatoms. The lowest BCUT2D eigenvalue weighted by molar-refractivity contribution is 0.174. The maximum absolute atomic E-state index is 6.00. The Morgan fingerprint density at radius 2 is 1.81 bits per heavy atom. The summed E-state index contributed by atoms with van der Waals surface area (Å²) in [5.74, 6) is 2.85. The SMILES string of the molecule is Cc1c(-c2ccc(Cl)cc2)oc2ncnc(Nc3ccc4c(c3)OCO4)c12. The van der Waals surface area contributed by atoms with E-state index in [0.717, 1.165) is 33.7 Å². The van der Waals surface area contributed by atoms with Crippen molar-refractivity contribution < 1.29 is 13.9 Å². The van der Waals surface area contributed by atoms with Crippen molar-refractivity contribution >= 4 is 34.2 Å². The van der Waals surface area contributed by atoms with E-state index < -0.39 is 0 Å². The standard InChI is InChI=1S/C20H14ClN3O3/c1-11-17-19(24-14-6-7-15-16(8-14)26-10-25-15)22-9-23-20(17)27-18(11)12-2-4-13(21)5-3-12/h2-9H,10H2,1H3,(H,22,23,24). The predicted molar refractivity (Wildman–Crippen MR) is 103 cm³/mol. The number of nitrogens with one attached hydrogen (secondary N) is 1. The molecule has 6 nitrogen and oxygen atoms in total. The first-order valence-electron chi connectivity index (χ1n) is 8.36. The molecule has 0 atom stereocenters. The number of rotatable bonds is 3. The Balaban J connectivity index is 1.58. The molecule has 134 valence electrons. The van der Waals surface area contributed by atoms with E-state index >= 15 is 0 Å². The summed E-state index contributed by atoms with van der Waals surface area (Å²) >= 11 is 5.99. The van der Waals surface area contributed by atoms with E-state index in [1.165, 1.54) is 6.33 Å². The van der Waals surface area contributed by atoms with Gasteiger partial charge in [0.2, 0.25) is 12.5 Å². The molecule has 3 heterocycles. The fourth-order valence-corrected chi connectivity index (χ4v) is 3.28. The van der Waals surface area contributed by atoms with Crippen LogP contribution in [0.1, 0.15) is 5.56 Å². The Kier molecular flexibility index (Phi) is 3.65. The normalized spacial score (nSPS) is 12.5. The number of aromatic nitrogens is 2. The zero-order valence-corrected chi connectivity index (χ0v) is 15.1. The molecule has 4 aromatic rings. The van der Waals surface area contributed by atoms with E-state index in [2.05, 4.69) is 15.3 Å². The summed E-state index contributed by atoms with van der Waals surface area (Å²) < 4.78 is 16.8. The minimum Gasteiger partial charge on any atom is -0.454 e. The van der Waals surface area contributed by atoms with Crippen LogP contribution in [0.4, 0.5) is 11.5 Å². The number of fused-ring (bicyclic) bond motifs is 2. The monoisotopic (exact) mass is 379 g/mol. The molecule has 0 bridgehead atoms. The highest BCUT2D eigenvalue weighted by molar-refractivity contribution is 6.30. The number of ether oxygens (including phenoxy) is 2. The second kappa shape index (κ2) is 6.17. The van der Waals surface area contributed by atoms with Crippen molar-refractivity contribution in [2.24, 2.45) is 0 Å². The number of nitrogens with zero attached hydrogens (tertiary/aromatic N) is 2.